The molecule has 2 aromatic heterocycles. The average molecular weight is 465 g/mol. The van der Waals surface area contributed by atoms with Crippen molar-refractivity contribution in [1.29, 1.82) is 0 Å². The van der Waals surface area contributed by atoms with Gasteiger partial charge in [0.2, 0.25) is 0 Å². The molecule has 10 heteroatoms. The highest BCUT2D eigenvalue weighted by Gasteiger charge is 2.21. The Kier molecular flexibility index (Phi) is 6.23. The van der Waals surface area contributed by atoms with E-state index in [1.165, 1.54) is 0 Å². The second kappa shape index (κ2) is 9.25. The number of halogens is 1. The maximum Gasteiger partial charge on any atom is 0.312 e. The van der Waals surface area contributed by atoms with Crippen molar-refractivity contribution in [1.82, 2.24) is 19.6 Å². The fourth-order valence-corrected chi connectivity index (χ4v) is 3.75. The minimum Gasteiger partial charge on any atom is -0.319 e. The number of anilines is 1. The maximum absolute atomic E-state index is 12.6. The summed E-state index contributed by atoms with van der Waals surface area (Å²) in [5.74, 6) is -0.263. The Morgan fingerprint density at radius 1 is 1.12 bits per heavy atom. The molecule has 0 spiro atoms. The van der Waals surface area contributed by atoms with Crippen LogP contribution in [0.5, 0.6) is 0 Å². The van der Waals surface area contributed by atoms with Crippen LogP contribution in [0.3, 0.4) is 0 Å². The van der Waals surface area contributed by atoms with Gasteiger partial charge in [-0.15, -0.1) is 0 Å². The summed E-state index contributed by atoms with van der Waals surface area (Å²) in [7, 11) is 0. The zero-order valence-electron chi connectivity index (χ0n) is 18.0. The molecule has 0 saturated heterocycles. The molecule has 2 aromatic carbocycles. The van der Waals surface area contributed by atoms with Gasteiger partial charge in [-0.25, -0.2) is 0 Å². The van der Waals surface area contributed by atoms with Gasteiger partial charge in [0.25, 0.3) is 5.91 Å². The van der Waals surface area contributed by atoms with Crippen molar-refractivity contribution >= 4 is 28.9 Å². The number of amides is 1. The van der Waals surface area contributed by atoms with Crippen LogP contribution in [0.25, 0.3) is 0 Å². The van der Waals surface area contributed by atoms with E-state index in [9.17, 15) is 14.9 Å². The van der Waals surface area contributed by atoms with E-state index in [1.807, 2.05) is 24.3 Å². The van der Waals surface area contributed by atoms with E-state index in [0.717, 1.165) is 11.1 Å². The molecule has 0 unspecified atom stereocenters. The highest BCUT2D eigenvalue weighted by molar-refractivity contribution is 6.31. The van der Waals surface area contributed by atoms with E-state index in [0.29, 0.717) is 40.8 Å². The number of aromatic nitrogens is 4. The number of aryl methyl sites for hydroxylation is 1. The maximum atomic E-state index is 12.6. The minimum atomic E-state index is -0.418. The van der Waals surface area contributed by atoms with Crippen LogP contribution in [0.4, 0.5) is 11.4 Å². The Morgan fingerprint density at radius 2 is 1.85 bits per heavy atom. The Hall–Kier alpha value is -3.98. The van der Waals surface area contributed by atoms with Gasteiger partial charge in [-0.3, -0.25) is 24.3 Å². The summed E-state index contributed by atoms with van der Waals surface area (Å²) in [4.78, 5) is 23.4. The van der Waals surface area contributed by atoms with Crippen molar-refractivity contribution in [3.8, 4) is 0 Å². The molecule has 168 valence electrons. The lowest BCUT2D eigenvalue weighted by Crippen LogP contribution is -2.12. The summed E-state index contributed by atoms with van der Waals surface area (Å²) in [6.07, 6.45) is 3.32. The summed E-state index contributed by atoms with van der Waals surface area (Å²) < 4.78 is 3.30. The fraction of sp³-hybridized carbons (Fsp3) is 0.174. The lowest BCUT2D eigenvalue weighted by molar-refractivity contribution is -0.386. The van der Waals surface area contributed by atoms with Crippen LogP contribution in [0.2, 0.25) is 5.02 Å². The Balaban J connectivity index is 1.40. The molecule has 9 nitrogen and oxygen atoms in total. The van der Waals surface area contributed by atoms with Crippen LogP contribution in [-0.2, 0) is 13.1 Å². The van der Waals surface area contributed by atoms with Gasteiger partial charge in [0.05, 0.1) is 29.9 Å². The van der Waals surface area contributed by atoms with Gasteiger partial charge >= 0.3 is 5.69 Å². The van der Waals surface area contributed by atoms with Crippen molar-refractivity contribution in [2.45, 2.75) is 26.9 Å². The molecule has 2 heterocycles. The van der Waals surface area contributed by atoms with Gasteiger partial charge < -0.3 is 5.32 Å². The Morgan fingerprint density at radius 3 is 2.52 bits per heavy atom. The van der Waals surface area contributed by atoms with E-state index in [2.05, 4.69) is 15.5 Å². The number of nitrogens with one attached hydrogen (secondary N) is 1. The van der Waals surface area contributed by atoms with Crippen LogP contribution in [-0.4, -0.2) is 30.4 Å². The number of nitro groups is 1. The third-order valence-corrected chi connectivity index (χ3v) is 5.62. The number of carbonyl (C=O) groups excluding carboxylic acids is 1. The van der Waals surface area contributed by atoms with E-state index in [1.54, 1.807) is 59.9 Å². The van der Waals surface area contributed by atoms with Crippen molar-refractivity contribution in [2.24, 2.45) is 0 Å². The van der Waals surface area contributed by atoms with Crippen LogP contribution >= 0.6 is 11.6 Å². The lowest BCUT2D eigenvalue weighted by atomic mass is 10.1. The number of hydrogen-bond acceptors (Lipinski definition) is 5. The molecular weight excluding hydrogens is 444 g/mol. The highest BCUT2D eigenvalue weighted by atomic mass is 35.5. The van der Waals surface area contributed by atoms with Gasteiger partial charge in [0.15, 0.2) is 0 Å². The first kappa shape index (κ1) is 22.2. The van der Waals surface area contributed by atoms with E-state index < -0.39 is 4.92 Å². The van der Waals surface area contributed by atoms with Gasteiger partial charge in [0, 0.05) is 16.8 Å². The first-order chi connectivity index (χ1) is 15.8. The number of benzene rings is 2. The highest BCUT2D eigenvalue weighted by Crippen LogP contribution is 2.23. The molecule has 33 heavy (non-hydrogen) atoms. The largest absolute Gasteiger partial charge is 0.319 e. The summed E-state index contributed by atoms with van der Waals surface area (Å²) in [5, 5.41) is 23.2. The molecule has 0 aliphatic carbocycles. The number of carbonyl (C=O) groups is 1. The second-order valence-electron chi connectivity index (χ2n) is 7.60. The third kappa shape index (κ3) is 4.93. The fourth-order valence-electron chi connectivity index (χ4n) is 3.56. The number of rotatable bonds is 7. The second-order valence-corrected chi connectivity index (χ2v) is 8.01. The zero-order valence-corrected chi connectivity index (χ0v) is 18.8. The van der Waals surface area contributed by atoms with Gasteiger partial charge in [-0.2, -0.15) is 10.2 Å². The van der Waals surface area contributed by atoms with Crippen LogP contribution in [0.1, 0.15) is 32.9 Å². The predicted molar refractivity (Wildman–Crippen MR) is 125 cm³/mol. The summed E-state index contributed by atoms with van der Waals surface area (Å²) >= 11 is 6.19. The van der Waals surface area contributed by atoms with Crippen molar-refractivity contribution in [3.63, 3.8) is 0 Å². The van der Waals surface area contributed by atoms with Crippen molar-refractivity contribution < 1.29 is 9.72 Å². The standard InChI is InChI=1S/C23H21ClN6O3/c1-15-22(30(32)33)16(2)29(27-15)12-17-7-9-18(10-8-17)23(31)26-20-11-25-28(14-20)13-19-5-3-4-6-21(19)24/h3-11,14H,12-13H2,1-2H3,(H,26,31). The average Bonchev–Trinajstić information content (AvgIpc) is 3.33. The molecule has 0 bridgehead atoms. The normalized spacial score (nSPS) is 10.9. The molecule has 0 atom stereocenters. The van der Waals surface area contributed by atoms with Crippen LogP contribution < -0.4 is 5.32 Å². The van der Waals surface area contributed by atoms with Gasteiger partial charge in [0.1, 0.15) is 11.4 Å². The monoisotopic (exact) mass is 464 g/mol. The molecule has 1 N–H and O–H groups in total. The van der Waals surface area contributed by atoms with Gasteiger partial charge in [-0.1, -0.05) is 41.9 Å². The van der Waals surface area contributed by atoms with Crippen LogP contribution in [0, 0.1) is 24.0 Å². The Labute approximate surface area is 194 Å². The van der Waals surface area contributed by atoms with Crippen molar-refractivity contribution in [2.75, 3.05) is 5.32 Å². The summed E-state index contributed by atoms with van der Waals surface area (Å²) in [5.41, 5.74) is 3.77. The predicted octanol–water partition coefficient (Wildman–Crippen LogP) is 4.61. The molecule has 1 amide bonds. The molecule has 0 aliphatic rings. The van der Waals surface area contributed by atoms with E-state index in [-0.39, 0.29) is 11.6 Å². The third-order valence-electron chi connectivity index (χ3n) is 5.26. The first-order valence-electron chi connectivity index (χ1n) is 10.2. The summed E-state index contributed by atoms with van der Waals surface area (Å²) in [6.45, 7) is 4.16. The molecular formula is C23H21ClN6O3. The molecule has 0 saturated carbocycles. The first-order valence-corrected chi connectivity index (χ1v) is 10.5. The topological polar surface area (TPSA) is 108 Å². The molecule has 0 radical (unpaired) electrons. The number of hydrogen-bond donors (Lipinski definition) is 1. The SMILES string of the molecule is Cc1nn(Cc2ccc(C(=O)Nc3cnn(Cc4ccccc4Cl)c3)cc2)c(C)c1[N+](=O)[O-]. The lowest BCUT2D eigenvalue weighted by Gasteiger charge is -2.06. The molecule has 0 aliphatic heterocycles. The van der Waals surface area contributed by atoms with Gasteiger partial charge in [-0.05, 0) is 43.2 Å². The zero-order chi connectivity index (χ0) is 23.5. The molecule has 4 aromatic rings. The smallest absolute Gasteiger partial charge is 0.312 e. The quantitative estimate of drug-likeness (QED) is 0.317. The van der Waals surface area contributed by atoms with Crippen molar-refractivity contribution in [3.05, 3.63) is 104 Å². The Bertz CT molecular complexity index is 1330. The van der Waals surface area contributed by atoms with E-state index >= 15 is 0 Å². The van der Waals surface area contributed by atoms with Crippen LogP contribution in [0.15, 0.2) is 60.9 Å². The number of nitrogens with zero attached hydrogens (tertiary/aromatic N) is 5. The summed E-state index contributed by atoms with van der Waals surface area (Å²) in [6, 6.07) is 14.5. The minimum absolute atomic E-state index is 0.0288. The van der Waals surface area contributed by atoms with E-state index in [4.69, 9.17) is 11.6 Å². The molecule has 0 fully saturated rings. The molecule has 4 rings (SSSR count).